The number of anilines is 1. The van der Waals surface area contributed by atoms with Gasteiger partial charge in [-0.05, 0) is 43.3 Å². The van der Waals surface area contributed by atoms with Crippen molar-refractivity contribution < 1.29 is 18.3 Å². The second-order valence-electron chi connectivity index (χ2n) is 6.01. The minimum Gasteiger partial charge on any atom is -0.478 e. The maximum absolute atomic E-state index is 13.2. The number of rotatable bonds is 6. The zero-order valence-electron chi connectivity index (χ0n) is 14.9. The smallest absolute Gasteiger partial charge is 0.335 e. The van der Waals surface area contributed by atoms with Crippen LogP contribution >= 0.6 is 0 Å². The molecule has 0 atom stereocenters. The van der Waals surface area contributed by atoms with Crippen LogP contribution in [-0.4, -0.2) is 29.5 Å². The van der Waals surface area contributed by atoms with Crippen molar-refractivity contribution in [3.05, 3.63) is 88.1 Å². The van der Waals surface area contributed by atoms with E-state index in [1.54, 1.807) is 25.1 Å². The Morgan fingerprint density at radius 1 is 1.11 bits per heavy atom. The van der Waals surface area contributed by atoms with E-state index in [2.05, 4.69) is 9.97 Å². The molecule has 0 radical (unpaired) electrons. The van der Waals surface area contributed by atoms with Crippen molar-refractivity contribution in [3.63, 3.8) is 0 Å². The molecule has 28 heavy (non-hydrogen) atoms. The minimum atomic E-state index is -3.99. The van der Waals surface area contributed by atoms with Gasteiger partial charge in [0.2, 0.25) is 0 Å². The van der Waals surface area contributed by atoms with Gasteiger partial charge in [-0.25, -0.2) is 18.2 Å². The second-order valence-corrected chi connectivity index (χ2v) is 7.87. The highest BCUT2D eigenvalue weighted by Crippen LogP contribution is 2.25. The molecule has 2 aromatic carbocycles. The normalized spacial score (nSPS) is 11.2. The van der Waals surface area contributed by atoms with Gasteiger partial charge in [-0.1, -0.05) is 18.2 Å². The molecule has 8 nitrogen and oxygen atoms in total. The molecule has 0 spiro atoms. The third-order valence-corrected chi connectivity index (χ3v) is 5.73. The zero-order valence-corrected chi connectivity index (χ0v) is 15.7. The molecule has 1 heterocycles. The average Bonchev–Trinajstić information content (AvgIpc) is 2.66. The predicted octanol–water partition coefficient (Wildman–Crippen LogP) is 2.17. The first-order chi connectivity index (χ1) is 13.3. The van der Waals surface area contributed by atoms with E-state index in [4.69, 9.17) is 5.11 Å². The van der Waals surface area contributed by atoms with Crippen LogP contribution in [0.25, 0.3) is 0 Å². The summed E-state index contributed by atoms with van der Waals surface area (Å²) in [6, 6.07) is 14.6. The van der Waals surface area contributed by atoms with E-state index in [1.165, 1.54) is 42.5 Å². The number of carboxylic acid groups (broad SMARTS) is 1. The molecule has 1 aromatic heterocycles. The molecule has 0 unspecified atom stereocenters. The van der Waals surface area contributed by atoms with Crippen molar-refractivity contribution in [2.75, 3.05) is 4.31 Å². The van der Waals surface area contributed by atoms with Crippen molar-refractivity contribution in [1.82, 2.24) is 9.97 Å². The first-order valence-electron chi connectivity index (χ1n) is 8.25. The van der Waals surface area contributed by atoms with E-state index < -0.39 is 16.0 Å². The van der Waals surface area contributed by atoms with E-state index in [9.17, 15) is 18.0 Å². The molecular weight excluding hydrogens is 382 g/mol. The maximum atomic E-state index is 13.2. The Balaban J connectivity index is 2.10. The van der Waals surface area contributed by atoms with Gasteiger partial charge >= 0.3 is 5.97 Å². The van der Waals surface area contributed by atoms with Crippen LogP contribution in [0.2, 0.25) is 0 Å². The third kappa shape index (κ3) is 4.09. The highest BCUT2D eigenvalue weighted by atomic mass is 32.2. The largest absolute Gasteiger partial charge is 0.478 e. The number of aromatic nitrogens is 2. The van der Waals surface area contributed by atoms with Gasteiger partial charge in [-0.15, -0.1) is 0 Å². The molecule has 0 saturated heterocycles. The van der Waals surface area contributed by atoms with Crippen LogP contribution in [0.1, 0.15) is 21.9 Å². The van der Waals surface area contributed by atoms with Gasteiger partial charge in [0.15, 0.2) is 0 Å². The van der Waals surface area contributed by atoms with Gasteiger partial charge in [0.25, 0.3) is 15.6 Å². The van der Waals surface area contributed by atoms with Gasteiger partial charge < -0.3 is 10.1 Å². The molecule has 144 valence electrons. The Hall–Kier alpha value is -3.46. The van der Waals surface area contributed by atoms with Crippen LogP contribution in [0.5, 0.6) is 0 Å². The van der Waals surface area contributed by atoms with Gasteiger partial charge in [0.1, 0.15) is 5.82 Å². The number of aromatic amines is 1. The number of carboxylic acids is 1. The maximum Gasteiger partial charge on any atom is 0.335 e. The van der Waals surface area contributed by atoms with Crippen LogP contribution in [0.4, 0.5) is 5.69 Å². The van der Waals surface area contributed by atoms with E-state index >= 15 is 0 Å². The number of nitrogens with zero attached hydrogens (tertiary/aromatic N) is 2. The summed E-state index contributed by atoms with van der Waals surface area (Å²) < 4.78 is 27.5. The predicted molar refractivity (Wildman–Crippen MR) is 103 cm³/mol. The van der Waals surface area contributed by atoms with E-state index in [0.717, 1.165) is 4.31 Å². The molecule has 3 rings (SSSR count). The summed E-state index contributed by atoms with van der Waals surface area (Å²) >= 11 is 0. The number of carbonyl (C=O) groups is 1. The summed E-state index contributed by atoms with van der Waals surface area (Å²) in [5.74, 6) is -0.944. The lowest BCUT2D eigenvalue weighted by atomic mass is 10.2. The molecule has 0 bridgehead atoms. The average molecular weight is 399 g/mol. The van der Waals surface area contributed by atoms with E-state index in [0.29, 0.717) is 5.69 Å². The summed E-state index contributed by atoms with van der Waals surface area (Å²) in [4.78, 5) is 29.6. The molecule has 0 amide bonds. The summed E-state index contributed by atoms with van der Waals surface area (Å²) in [6.07, 6.45) is 0. The number of aromatic carboxylic acids is 1. The van der Waals surface area contributed by atoms with Crippen molar-refractivity contribution >= 4 is 21.7 Å². The summed E-state index contributed by atoms with van der Waals surface area (Å²) in [5, 5.41) is 9.07. The molecule has 0 saturated carbocycles. The van der Waals surface area contributed by atoms with Crippen molar-refractivity contribution in [1.29, 1.82) is 0 Å². The quantitative estimate of drug-likeness (QED) is 0.655. The van der Waals surface area contributed by atoms with Gasteiger partial charge in [0.05, 0.1) is 22.7 Å². The van der Waals surface area contributed by atoms with Crippen molar-refractivity contribution in [2.24, 2.45) is 0 Å². The molecule has 0 aliphatic heterocycles. The fraction of sp³-hybridized carbons (Fsp3) is 0.105. The monoisotopic (exact) mass is 399 g/mol. The number of H-pyrrole nitrogens is 1. The lowest BCUT2D eigenvalue weighted by molar-refractivity contribution is 0.0697. The Morgan fingerprint density at radius 3 is 2.32 bits per heavy atom. The minimum absolute atomic E-state index is 0.0305. The molecule has 0 fully saturated rings. The number of benzene rings is 2. The summed E-state index contributed by atoms with van der Waals surface area (Å²) in [5.41, 5.74) is 0.346. The summed E-state index contributed by atoms with van der Waals surface area (Å²) in [7, 11) is -3.99. The highest BCUT2D eigenvalue weighted by Gasteiger charge is 2.26. The fourth-order valence-electron chi connectivity index (χ4n) is 2.66. The molecule has 2 N–H and O–H groups in total. The molecule has 3 aromatic rings. The van der Waals surface area contributed by atoms with Crippen LogP contribution in [0.15, 0.2) is 70.4 Å². The van der Waals surface area contributed by atoms with Gasteiger partial charge in [-0.2, -0.15) is 0 Å². The number of aryl methyl sites for hydroxylation is 1. The van der Waals surface area contributed by atoms with Crippen molar-refractivity contribution in [2.45, 2.75) is 18.4 Å². The van der Waals surface area contributed by atoms with Gasteiger partial charge in [0, 0.05) is 11.8 Å². The first-order valence-corrected chi connectivity index (χ1v) is 9.69. The Bertz CT molecular complexity index is 1160. The fourth-order valence-corrected chi connectivity index (χ4v) is 4.10. The van der Waals surface area contributed by atoms with Crippen LogP contribution in [0.3, 0.4) is 0 Å². The van der Waals surface area contributed by atoms with Crippen LogP contribution in [0, 0.1) is 6.92 Å². The number of sulfonamides is 1. The first kappa shape index (κ1) is 19.3. The standard InChI is InChI=1S/C19H17N3O5S/c1-13-11-18(23)21-17(20-13)12-22(15-9-7-14(8-10-15)19(24)25)28(26,27)16-5-3-2-4-6-16/h2-11H,12H2,1H3,(H,24,25)(H,20,21,23). The Labute approximate surface area is 161 Å². The zero-order chi connectivity index (χ0) is 20.3. The molecular formula is C19H17N3O5S. The van der Waals surface area contributed by atoms with Crippen molar-refractivity contribution in [3.8, 4) is 0 Å². The molecule has 0 aliphatic carbocycles. The van der Waals surface area contributed by atoms with Crippen LogP contribution < -0.4 is 9.86 Å². The van der Waals surface area contributed by atoms with E-state index in [-0.39, 0.29) is 34.1 Å². The third-order valence-electron chi connectivity index (χ3n) is 3.95. The topological polar surface area (TPSA) is 120 Å². The lowest BCUT2D eigenvalue weighted by Crippen LogP contribution is -2.32. The van der Waals surface area contributed by atoms with Gasteiger partial charge in [-0.3, -0.25) is 9.10 Å². The number of hydrogen-bond donors (Lipinski definition) is 2. The lowest BCUT2D eigenvalue weighted by Gasteiger charge is -2.24. The Morgan fingerprint density at radius 2 is 1.75 bits per heavy atom. The highest BCUT2D eigenvalue weighted by molar-refractivity contribution is 7.92. The summed E-state index contributed by atoms with van der Waals surface area (Å²) in [6.45, 7) is 1.41. The number of nitrogens with one attached hydrogen (secondary N) is 1. The second kappa shape index (κ2) is 7.65. The Kier molecular flexibility index (Phi) is 5.27. The molecule has 0 aliphatic rings. The molecule has 9 heteroatoms. The van der Waals surface area contributed by atoms with Crippen LogP contribution in [-0.2, 0) is 16.6 Å². The SMILES string of the molecule is Cc1cc(=O)[nH]c(CN(c2ccc(C(=O)O)cc2)S(=O)(=O)c2ccccc2)n1. The van der Waals surface area contributed by atoms with E-state index in [1.807, 2.05) is 0 Å². The number of hydrogen-bond acceptors (Lipinski definition) is 5.